The third kappa shape index (κ3) is 3.44. The Balaban J connectivity index is 1.65. The van der Waals surface area contributed by atoms with Gasteiger partial charge < -0.3 is 10.1 Å². The molecule has 0 spiro atoms. The van der Waals surface area contributed by atoms with Gasteiger partial charge in [-0.1, -0.05) is 12.1 Å². The van der Waals surface area contributed by atoms with E-state index in [1.165, 1.54) is 0 Å². The van der Waals surface area contributed by atoms with Crippen LogP contribution in [0.15, 0.2) is 60.9 Å². The van der Waals surface area contributed by atoms with E-state index in [1.54, 1.807) is 36.7 Å². The van der Waals surface area contributed by atoms with Gasteiger partial charge in [-0.3, -0.25) is 9.78 Å². The van der Waals surface area contributed by atoms with Crippen LogP contribution in [-0.4, -0.2) is 17.5 Å². The van der Waals surface area contributed by atoms with Crippen molar-refractivity contribution in [2.24, 2.45) is 0 Å². The second kappa shape index (κ2) is 6.58. The molecule has 5 heteroatoms. The summed E-state index contributed by atoms with van der Waals surface area (Å²) in [5.41, 5.74) is 1.27. The smallest absolute Gasteiger partial charge is 0.262 e. The summed E-state index contributed by atoms with van der Waals surface area (Å²) < 4.78 is 5.42. The fourth-order valence-corrected chi connectivity index (χ4v) is 2.19. The van der Waals surface area contributed by atoms with Crippen LogP contribution in [0.1, 0.15) is 5.56 Å². The number of nitrogens with zero attached hydrogens (tertiary/aromatic N) is 2. The molecule has 0 saturated heterocycles. The van der Waals surface area contributed by atoms with E-state index in [0.717, 1.165) is 16.5 Å². The monoisotopic (exact) mass is 303 g/mol. The normalized spacial score (nSPS) is 10.0. The van der Waals surface area contributed by atoms with E-state index in [9.17, 15) is 4.79 Å². The zero-order valence-electron chi connectivity index (χ0n) is 12.2. The van der Waals surface area contributed by atoms with E-state index < -0.39 is 0 Å². The minimum absolute atomic E-state index is 0.104. The number of benzene rings is 2. The number of fused-ring (bicyclic) bond motifs is 1. The lowest BCUT2D eigenvalue weighted by atomic mass is 10.1. The molecule has 0 aliphatic carbocycles. The van der Waals surface area contributed by atoms with Crippen molar-refractivity contribution in [2.45, 2.75) is 0 Å². The second-order valence-electron chi connectivity index (χ2n) is 4.88. The minimum Gasteiger partial charge on any atom is -0.484 e. The zero-order valence-corrected chi connectivity index (χ0v) is 12.2. The zero-order chi connectivity index (χ0) is 16.1. The van der Waals surface area contributed by atoms with Crippen LogP contribution in [0.2, 0.25) is 0 Å². The third-order valence-corrected chi connectivity index (χ3v) is 3.31. The first kappa shape index (κ1) is 14.5. The number of carbonyl (C=O) groups excluding carboxylic acids is 1. The maximum Gasteiger partial charge on any atom is 0.262 e. The molecule has 0 aliphatic rings. The van der Waals surface area contributed by atoms with Crippen molar-refractivity contribution in [3.63, 3.8) is 0 Å². The molecule has 0 bridgehead atoms. The van der Waals surface area contributed by atoms with Crippen LogP contribution in [0.3, 0.4) is 0 Å². The number of aromatic nitrogens is 1. The first-order chi connectivity index (χ1) is 11.3. The van der Waals surface area contributed by atoms with Crippen LogP contribution >= 0.6 is 0 Å². The van der Waals surface area contributed by atoms with Crippen molar-refractivity contribution < 1.29 is 9.53 Å². The average Bonchev–Trinajstić information content (AvgIpc) is 2.61. The number of ether oxygens (including phenoxy) is 1. The Kier molecular flexibility index (Phi) is 4.16. The highest BCUT2D eigenvalue weighted by molar-refractivity contribution is 6.02. The lowest BCUT2D eigenvalue weighted by Gasteiger charge is -2.09. The second-order valence-corrected chi connectivity index (χ2v) is 4.88. The van der Waals surface area contributed by atoms with E-state index >= 15 is 0 Å². The van der Waals surface area contributed by atoms with Crippen molar-refractivity contribution >= 4 is 22.4 Å². The van der Waals surface area contributed by atoms with Crippen LogP contribution in [-0.2, 0) is 4.79 Å². The number of carbonyl (C=O) groups is 1. The number of nitrogens with one attached hydrogen (secondary N) is 1. The summed E-state index contributed by atoms with van der Waals surface area (Å²) >= 11 is 0. The third-order valence-electron chi connectivity index (χ3n) is 3.31. The molecule has 23 heavy (non-hydrogen) atoms. The Labute approximate surface area is 133 Å². The molecule has 1 heterocycles. The van der Waals surface area contributed by atoms with Gasteiger partial charge in [-0.25, -0.2) is 0 Å². The summed E-state index contributed by atoms with van der Waals surface area (Å²) in [5.74, 6) is 0.292. The summed E-state index contributed by atoms with van der Waals surface area (Å²) in [5, 5.41) is 13.5. The Morgan fingerprint density at radius 1 is 1.17 bits per heavy atom. The van der Waals surface area contributed by atoms with Gasteiger partial charge in [0.1, 0.15) is 5.75 Å². The number of rotatable bonds is 4. The van der Waals surface area contributed by atoms with Gasteiger partial charge in [-0.15, -0.1) is 0 Å². The molecule has 0 fully saturated rings. The number of anilines is 1. The number of pyridine rings is 1. The van der Waals surface area contributed by atoms with Crippen LogP contribution in [0.25, 0.3) is 10.8 Å². The molecule has 0 saturated carbocycles. The molecular weight excluding hydrogens is 290 g/mol. The van der Waals surface area contributed by atoms with E-state index in [0.29, 0.717) is 11.3 Å². The number of amides is 1. The van der Waals surface area contributed by atoms with Gasteiger partial charge in [-0.2, -0.15) is 5.26 Å². The first-order valence-electron chi connectivity index (χ1n) is 7.02. The van der Waals surface area contributed by atoms with Crippen LogP contribution in [0.4, 0.5) is 5.69 Å². The van der Waals surface area contributed by atoms with Crippen LogP contribution < -0.4 is 10.1 Å². The van der Waals surface area contributed by atoms with Gasteiger partial charge in [0.05, 0.1) is 11.6 Å². The van der Waals surface area contributed by atoms with E-state index in [4.69, 9.17) is 10.00 Å². The van der Waals surface area contributed by atoms with Gasteiger partial charge in [0.15, 0.2) is 6.61 Å². The predicted molar refractivity (Wildman–Crippen MR) is 87.0 cm³/mol. The SMILES string of the molecule is N#Cc1ccc(OCC(=O)Nc2cccc3cnccc23)cc1. The lowest BCUT2D eigenvalue weighted by Crippen LogP contribution is -2.20. The summed E-state index contributed by atoms with van der Waals surface area (Å²) in [7, 11) is 0. The van der Waals surface area contributed by atoms with E-state index in [1.807, 2.05) is 30.3 Å². The summed E-state index contributed by atoms with van der Waals surface area (Å²) in [6.45, 7) is -0.104. The molecule has 3 aromatic rings. The lowest BCUT2D eigenvalue weighted by molar-refractivity contribution is -0.118. The van der Waals surface area contributed by atoms with Crippen molar-refractivity contribution in [1.82, 2.24) is 4.98 Å². The topological polar surface area (TPSA) is 75.0 Å². The molecule has 1 aromatic heterocycles. The Morgan fingerprint density at radius 3 is 2.78 bits per heavy atom. The minimum atomic E-state index is -0.251. The molecule has 2 aromatic carbocycles. The molecule has 3 rings (SSSR count). The summed E-state index contributed by atoms with van der Waals surface area (Å²) in [4.78, 5) is 16.1. The fourth-order valence-electron chi connectivity index (χ4n) is 2.19. The fraction of sp³-hybridized carbons (Fsp3) is 0.0556. The van der Waals surface area contributed by atoms with Crippen LogP contribution in [0, 0.1) is 11.3 Å². The van der Waals surface area contributed by atoms with Gasteiger partial charge in [0, 0.05) is 28.9 Å². The Morgan fingerprint density at radius 2 is 2.00 bits per heavy atom. The standard InChI is InChI=1S/C18H13N3O2/c19-10-13-4-6-15(7-5-13)23-12-18(22)21-17-3-1-2-14-11-20-9-8-16(14)17/h1-9,11H,12H2,(H,21,22). The molecule has 1 N–H and O–H groups in total. The van der Waals surface area contributed by atoms with Crippen molar-refractivity contribution in [2.75, 3.05) is 11.9 Å². The van der Waals surface area contributed by atoms with Gasteiger partial charge >= 0.3 is 0 Å². The maximum absolute atomic E-state index is 12.0. The van der Waals surface area contributed by atoms with E-state index in [2.05, 4.69) is 10.3 Å². The van der Waals surface area contributed by atoms with Gasteiger partial charge in [-0.05, 0) is 36.4 Å². The quantitative estimate of drug-likeness (QED) is 0.803. The number of nitriles is 1. The van der Waals surface area contributed by atoms with Crippen LogP contribution in [0.5, 0.6) is 5.75 Å². The Hall–Kier alpha value is -3.39. The van der Waals surface area contributed by atoms with Crippen molar-refractivity contribution in [3.8, 4) is 11.8 Å². The highest BCUT2D eigenvalue weighted by Gasteiger charge is 2.06. The van der Waals surface area contributed by atoms with Gasteiger partial charge in [0.25, 0.3) is 5.91 Å². The van der Waals surface area contributed by atoms with E-state index in [-0.39, 0.29) is 12.5 Å². The summed E-state index contributed by atoms with van der Waals surface area (Å²) in [6.07, 6.45) is 3.43. The largest absolute Gasteiger partial charge is 0.484 e. The van der Waals surface area contributed by atoms with Crippen molar-refractivity contribution in [1.29, 1.82) is 5.26 Å². The molecule has 1 amide bonds. The molecule has 0 radical (unpaired) electrons. The highest BCUT2D eigenvalue weighted by Crippen LogP contribution is 2.22. The molecule has 5 nitrogen and oxygen atoms in total. The molecule has 112 valence electrons. The molecular formula is C18H13N3O2. The molecule has 0 aliphatic heterocycles. The first-order valence-corrected chi connectivity index (χ1v) is 7.02. The summed E-state index contributed by atoms with van der Waals surface area (Å²) in [6, 6.07) is 16.1. The Bertz CT molecular complexity index is 877. The van der Waals surface area contributed by atoms with Crippen molar-refractivity contribution in [3.05, 3.63) is 66.5 Å². The van der Waals surface area contributed by atoms with Gasteiger partial charge in [0.2, 0.25) is 0 Å². The molecule has 0 atom stereocenters. The number of hydrogen-bond acceptors (Lipinski definition) is 4. The molecule has 0 unspecified atom stereocenters. The highest BCUT2D eigenvalue weighted by atomic mass is 16.5. The maximum atomic E-state index is 12.0. The predicted octanol–water partition coefficient (Wildman–Crippen LogP) is 3.12. The average molecular weight is 303 g/mol. The number of hydrogen-bond donors (Lipinski definition) is 1.